The fraction of sp³-hybridized carbons (Fsp3) is 1.00. The minimum atomic E-state index is -0.979. The minimum Gasteiger partial charge on any atom is -0.244 e. The molecule has 0 aromatic carbocycles. The van der Waals surface area contributed by atoms with Gasteiger partial charge in [0.25, 0.3) is 0 Å². The third-order valence-corrected chi connectivity index (χ3v) is 10.2. The lowest BCUT2D eigenvalue weighted by molar-refractivity contribution is -0.299. The van der Waals surface area contributed by atoms with Gasteiger partial charge in [-0.1, -0.05) is 27.7 Å². The normalized spacial score (nSPS) is 70.8. The second kappa shape index (κ2) is 3.95. The molecule has 4 unspecified atom stereocenters. The molecule has 4 atom stereocenters. The van der Waals surface area contributed by atoms with E-state index >= 15 is 8.78 Å². The highest BCUT2D eigenvalue weighted by Crippen LogP contribution is 2.83. The highest BCUT2D eigenvalue weighted by molar-refractivity contribution is 5.26. The summed E-state index contributed by atoms with van der Waals surface area (Å²) in [6, 6.07) is 0. The van der Waals surface area contributed by atoms with E-state index in [1.54, 1.807) is 0 Å². The third kappa shape index (κ3) is 1.91. The first-order chi connectivity index (χ1) is 11.7. The molecule has 8 aliphatic rings. The van der Waals surface area contributed by atoms with Crippen molar-refractivity contribution in [3.8, 4) is 0 Å². The Hall–Kier alpha value is -0.140. The van der Waals surface area contributed by atoms with Crippen LogP contribution in [0.4, 0.5) is 8.78 Å². The van der Waals surface area contributed by atoms with Crippen molar-refractivity contribution in [2.45, 2.75) is 116 Å². The van der Waals surface area contributed by atoms with E-state index in [-0.39, 0.29) is 32.5 Å². The first-order valence-electron chi connectivity index (χ1n) is 11.1. The van der Waals surface area contributed by atoms with Crippen LogP contribution in [0.2, 0.25) is 0 Å². The van der Waals surface area contributed by atoms with Crippen LogP contribution in [0.15, 0.2) is 0 Å². The van der Waals surface area contributed by atoms with Crippen molar-refractivity contribution in [3.63, 3.8) is 0 Å². The fourth-order valence-electron chi connectivity index (χ4n) is 12.2. The summed E-state index contributed by atoms with van der Waals surface area (Å²) >= 11 is 0. The molecule has 0 spiro atoms. The SMILES string of the molecule is CC12CC3(C)CC(F)(C1)CC(C14CC5(C)CC(C)(CC(F)(C5)C1)C4)(C2)C3. The Bertz CT molecular complexity index is 540. The number of alkyl halides is 2. The average Bonchev–Trinajstić information content (AvgIpc) is 2.25. The van der Waals surface area contributed by atoms with Gasteiger partial charge in [0.2, 0.25) is 0 Å². The molecule has 8 saturated carbocycles. The largest absolute Gasteiger partial charge is 0.244 e. The first kappa shape index (κ1) is 16.8. The van der Waals surface area contributed by atoms with Crippen LogP contribution in [-0.4, -0.2) is 11.3 Å². The van der Waals surface area contributed by atoms with Crippen LogP contribution in [0.5, 0.6) is 0 Å². The van der Waals surface area contributed by atoms with Crippen molar-refractivity contribution in [2.75, 3.05) is 0 Å². The van der Waals surface area contributed by atoms with Gasteiger partial charge in [-0.2, -0.15) is 0 Å². The van der Waals surface area contributed by atoms with E-state index in [0.29, 0.717) is 0 Å². The van der Waals surface area contributed by atoms with Gasteiger partial charge in [0.1, 0.15) is 11.3 Å². The summed E-state index contributed by atoms with van der Waals surface area (Å²) in [4.78, 5) is 0. The third-order valence-electron chi connectivity index (χ3n) is 10.2. The lowest BCUT2D eigenvalue weighted by atomic mass is 9.28. The maximum Gasteiger partial charge on any atom is 0.112 e. The van der Waals surface area contributed by atoms with Crippen LogP contribution in [-0.2, 0) is 0 Å². The van der Waals surface area contributed by atoms with E-state index in [9.17, 15) is 0 Å². The topological polar surface area (TPSA) is 0 Å². The van der Waals surface area contributed by atoms with Crippen molar-refractivity contribution < 1.29 is 8.78 Å². The Morgan fingerprint density at radius 3 is 0.885 bits per heavy atom. The molecular formula is C24H36F2. The highest BCUT2D eigenvalue weighted by Gasteiger charge is 2.76. The fourth-order valence-corrected chi connectivity index (χ4v) is 12.2. The Kier molecular flexibility index (Phi) is 2.55. The molecular weight excluding hydrogens is 326 g/mol. The predicted octanol–water partition coefficient (Wildman–Crippen LogP) is 7.16. The van der Waals surface area contributed by atoms with Crippen molar-refractivity contribution in [3.05, 3.63) is 0 Å². The Labute approximate surface area is 157 Å². The van der Waals surface area contributed by atoms with Gasteiger partial charge in [0.05, 0.1) is 0 Å². The van der Waals surface area contributed by atoms with Gasteiger partial charge >= 0.3 is 0 Å². The van der Waals surface area contributed by atoms with E-state index in [0.717, 1.165) is 38.5 Å². The number of halogens is 2. The Morgan fingerprint density at radius 1 is 0.385 bits per heavy atom. The molecule has 8 fully saturated rings. The molecule has 0 radical (unpaired) electrons. The van der Waals surface area contributed by atoms with Gasteiger partial charge in [-0.25, -0.2) is 8.78 Å². The van der Waals surface area contributed by atoms with Crippen molar-refractivity contribution >= 4 is 0 Å². The van der Waals surface area contributed by atoms with Crippen LogP contribution in [0.1, 0.15) is 105 Å². The van der Waals surface area contributed by atoms with Gasteiger partial charge in [-0.05, 0) is 110 Å². The molecule has 0 N–H and O–H groups in total. The van der Waals surface area contributed by atoms with Gasteiger partial charge < -0.3 is 0 Å². The monoisotopic (exact) mass is 362 g/mol. The summed E-state index contributed by atoms with van der Waals surface area (Å²) in [5, 5.41) is 0. The van der Waals surface area contributed by atoms with Gasteiger partial charge in [0, 0.05) is 0 Å². The molecule has 8 rings (SSSR count). The van der Waals surface area contributed by atoms with Crippen LogP contribution in [0.25, 0.3) is 0 Å². The van der Waals surface area contributed by atoms with Gasteiger partial charge in [0.15, 0.2) is 0 Å². The molecule has 26 heavy (non-hydrogen) atoms. The Balaban J connectivity index is 1.53. The standard InChI is InChI=1S/C24H36F2/c1-17-5-18(2)8-21(7-17,15-23(25,11-17)12-18)22-9-19(3)6-20(4,10-22)14-24(26,13-19)16-22/h5-16H2,1-4H3. The summed E-state index contributed by atoms with van der Waals surface area (Å²) in [5.41, 5.74) is -1.26. The highest BCUT2D eigenvalue weighted by atomic mass is 19.1. The van der Waals surface area contributed by atoms with Gasteiger partial charge in [-0.3, -0.25) is 0 Å². The number of hydrogen-bond acceptors (Lipinski definition) is 0. The van der Waals surface area contributed by atoms with Crippen LogP contribution < -0.4 is 0 Å². The molecule has 2 heteroatoms. The van der Waals surface area contributed by atoms with Crippen molar-refractivity contribution in [1.29, 1.82) is 0 Å². The lowest BCUT2D eigenvalue weighted by Crippen LogP contribution is -2.71. The molecule has 8 bridgehead atoms. The quantitative estimate of drug-likeness (QED) is 0.464. The van der Waals surface area contributed by atoms with Crippen molar-refractivity contribution in [1.82, 2.24) is 0 Å². The molecule has 0 amide bonds. The maximum atomic E-state index is 16.1. The maximum absolute atomic E-state index is 16.1. The zero-order chi connectivity index (χ0) is 18.5. The first-order valence-corrected chi connectivity index (χ1v) is 11.1. The lowest BCUT2D eigenvalue weighted by Gasteiger charge is -2.78. The average molecular weight is 363 g/mol. The zero-order valence-electron chi connectivity index (χ0n) is 17.2. The molecule has 8 aliphatic carbocycles. The van der Waals surface area contributed by atoms with E-state index in [1.165, 1.54) is 38.5 Å². The summed E-state index contributed by atoms with van der Waals surface area (Å²) in [6.45, 7) is 9.45. The molecule has 146 valence electrons. The zero-order valence-corrected chi connectivity index (χ0v) is 17.2. The summed E-state index contributed by atoms with van der Waals surface area (Å²) in [5.74, 6) is 0. The minimum absolute atomic E-state index is 0.0567. The van der Waals surface area contributed by atoms with Crippen LogP contribution in [0, 0.1) is 32.5 Å². The number of hydrogen-bond donors (Lipinski definition) is 0. The predicted molar refractivity (Wildman–Crippen MR) is 100 cm³/mol. The molecule has 0 aromatic rings. The van der Waals surface area contributed by atoms with E-state index in [4.69, 9.17) is 0 Å². The second-order valence-electron chi connectivity index (χ2n) is 14.2. The summed E-state index contributed by atoms with van der Waals surface area (Å²) in [6.07, 6.45) is 11.6. The second-order valence-corrected chi connectivity index (χ2v) is 14.2. The van der Waals surface area contributed by atoms with Gasteiger partial charge in [-0.15, -0.1) is 0 Å². The smallest absolute Gasteiger partial charge is 0.112 e. The molecule has 0 aromatic heterocycles. The van der Waals surface area contributed by atoms with Crippen molar-refractivity contribution in [2.24, 2.45) is 32.5 Å². The molecule has 0 saturated heterocycles. The van der Waals surface area contributed by atoms with E-state index < -0.39 is 11.3 Å². The number of rotatable bonds is 1. The Morgan fingerprint density at radius 2 is 0.654 bits per heavy atom. The molecule has 0 aliphatic heterocycles. The molecule has 0 heterocycles. The summed E-state index contributed by atoms with van der Waals surface area (Å²) in [7, 11) is 0. The van der Waals surface area contributed by atoms with E-state index in [1.807, 2.05) is 0 Å². The van der Waals surface area contributed by atoms with E-state index in [2.05, 4.69) is 27.7 Å². The van der Waals surface area contributed by atoms with Crippen LogP contribution >= 0.6 is 0 Å². The van der Waals surface area contributed by atoms with Crippen LogP contribution in [0.3, 0.4) is 0 Å². The summed E-state index contributed by atoms with van der Waals surface area (Å²) < 4.78 is 32.2. The molecule has 0 nitrogen and oxygen atoms in total.